The second-order valence-electron chi connectivity index (χ2n) is 7.00. The second kappa shape index (κ2) is 7.38. The molecule has 9 heteroatoms. The maximum atomic E-state index is 11.5. The van der Waals surface area contributed by atoms with Crippen molar-refractivity contribution in [1.29, 1.82) is 0 Å². The van der Waals surface area contributed by atoms with Crippen LogP contribution < -0.4 is 16.0 Å². The highest BCUT2D eigenvalue weighted by Gasteiger charge is 2.32. The zero-order valence-corrected chi connectivity index (χ0v) is 14.8. The molecule has 3 rings (SSSR count). The average molecular weight is 350 g/mol. The number of nitrogens with one attached hydrogen (secondary N) is 1. The number of aromatic nitrogens is 2. The molecule has 2 fully saturated rings. The molecule has 1 aromatic heterocycles. The highest BCUT2D eigenvalue weighted by Crippen LogP contribution is 2.34. The summed E-state index contributed by atoms with van der Waals surface area (Å²) in [6.45, 7) is 4.95. The first-order chi connectivity index (χ1) is 11.9. The Morgan fingerprint density at radius 2 is 1.84 bits per heavy atom. The summed E-state index contributed by atoms with van der Waals surface area (Å²) in [5.74, 6) is 0.551. The smallest absolute Gasteiger partial charge is 0.353 e. The number of hydrogen-bond donors (Lipinski definition) is 2. The van der Waals surface area contributed by atoms with Crippen LogP contribution in [0.1, 0.15) is 46.0 Å². The standard InChI is InChI=1S/C16H26N6O3/c1-10-8-21(9-11(2)25-10)15-13(22(23)24)14(17)19-16(20-15)18-12-6-4-3-5-7-12/h10-12H,3-9H2,1-2H3,(H3,17,18,19,20)/t10-,11-/m0/s1. The van der Waals surface area contributed by atoms with Gasteiger partial charge in [0.15, 0.2) is 0 Å². The molecule has 1 saturated carbocycles. The molecule has 0 unspecified atom stereocenters. The van der Waals surface area contributed by atoms with Gasteiger partial charge >= 0.3 is 5.69 Å². The van der Waals surface area contributed by atoms with Crippen molar-refractivity contribution in [1.82, 2.24) is 9.97 Å². The maximum absolute atomic E-state index is 11.5. The van der Waals surface area contributed by atoms with Crippen molar-refractivity contribution in [2.24, 2.45) is 0 Å². The molecule has 1 aromatic rings. The van der Waals surface area contributed by atoms with E-state index in [-0.39, 0.29) is 29.5 Å². The summed E-state index contributed by atoms with van der Waals surface area (Å²) < 4.78 is 5.72. The van der Waals surface area contributed by atoms with Crippen LogP contribution in [0, 0.1) is 10.1 Å². The molecular formula is C16H26N6O3. The van der Waals surface area contributed by atoms with E-state index >= 15 is 0 Å². The summed E-state index contributed by atoms with van der Waals surface area (Å²) in [5.41, 5.74) is 5.69. The third-order valence-electron chi connectivity index (χ3n) is 4.73. The van der Waals surface area contributed by atoms with Gasteiger partial charge in [0.1, 0.15) is 0 Å². The van der Waals surface area contributed by atoms with Gasteiger partial charge in [-0.1, -0.05) is 19.3 Å². The molecule has 25 heavy (non-hydrogen) atoms. The van der Waals surface area contributed by atoms with Crippen molar-refractivity contribution in [3.8, 4) is 0 Å². The lowest BCUT2D eigenvalue weighted by atomic mass is 9.96. The van der Waals surface area contributed by atoms with Crippen LogP contribution >= 0.6 is 0 Å². The summed E-state index contributed by atoms with van der Waals surface area (Å²) in [7, 11) is 0. The van der Waals surface area contributed by atoms with Gasteiger partial charge in [-0.15, -0.1) is 0 Å². The Morgan fingerprint density at radius 1 is 1.20 bits per heavy atom. The zero-order valence-electron chi connectivity index (χ0n) is 14.8. The fourth-order valence-electron chi connectivity index (χ4n) is 3.70. The van der Waals surface area contributed by atoms with E-state index in [2.05, 4.69) is 15.3 Å². The third kappa shape index (κ3) is 4.09. The van der Waals surface area contributed by atoms with E-state index < -0.39 is 4.92 Å². The first kappa shape index (κ1) is 17.7. The monoisotopic (exact) mass is 350 g/mol. The van der Waals surface area contributed by atoms with Gasteiger partial charge in [0.25, 0.3) is 0 Å². The average Bonchev–Trinajstić information content (AvgIpc) is 2.54. The van der Waals surface area contributed by atoms with Crippen LogP contribution in [-0.4, -0.2) is 46.2 Å². The Labute approximate surface area is 147 Å². The number of rotatable bonds is 4. The molecule has 9 nitrogen and oxygen atoms in total. The number of anilines is 3. The minimum Gasteiger partial charge on any atom is -0.378 e. The van der Waals surface area contributed by atoms with Crippen LogP contribution in [0.15, 0.2) is 0 Å². The Bertz CT molecular complexity index is 625. The molecule has 0 aromatic carbocycles. The number of nitrogen functional groups attached to an aromatic ring is 1. The topological polar surface area (TPSA) is 119 Å². The fourth-order valence-corrected chi connectivity index (χ4v) is 3.70. The van der Waals surface area contributed by atoms with E-state index in [1.165, 1.54) is 19.3 Å². The number of nitrogens with zero attached hydrogens (tertiary/aromatic N) is 4. The summed E-state index contributed by atoms with van der Waals surface area (Å²) >= 11 is 0. The molecule has 0 amide bonds. The molecule has 3 N–H and O–H groups in total. The van der Waals surface area contributed by atoms with Gasteiger partial charge in [-0.2, -0.15) is 9.97 Å². The molecule has 2 heterocycles. The molecule has 2 atom stereocenters. The van der Waals surface area contributed by atoms with E-state index in [4.69, 9.17) is 10.5 Å². The third-order valence-corrected chi connectivity index (χ3v) is 4.73. The zero-order chi connectivity index (χ0) is 18.0. The van der Waals surface area contributed by atoms with Crippen LogP contribution in [0.5, 0.6) is 0 Å². The number of ether oxygens (including phenoxy) is 1. The highest BCUT2D eigenvalue weighted by atomic mass is 16.6. The Hall–Kier alpha value is -2.16. The van der Waals surface area contributed by atoms with Gasteiger partial charge in [-0.05, 0) is 26.7 Å². The molecule has 0 radical (unpaired) electrons. The number of morpholine rings is 1. The fraction of sp³-hybridized carbons (Fsp3) is 0.750. The van der Waals surface area contributed by atoms with Crippen molar-refractivity contribution in [3.05, 3.63) is 10.1 Å². The lowest BCUT2D eigenvalue weighted by Gasteiger charge is -2.35. The van der Waals surface area contributed by atoms with Crippen molar-refractivity contribution < 1.29 is 9.66 Å². The van der Waals surface area contributed by atoms with Gasteiger partial charge in [-0.25, -0.2) is 0 Å². The normalized spacial score (nSPS) is 25.0. The molecule has 0 bridgehead atoms. The molecule has 2 aliphatic rings. The Balaban J connectivity index is 1.91. The summed E-state index contributed by atoms with van der Waals surface area (Å²) in [6, 6.07) is 0.296. The molecular weight excluding hydrogens is 324 g/mol. The number of hydrogen-bond acceptors (Lipinski definition) is 8. The van der Waals surface area contributed by atoms with Gasteiger partial charge in [0, 0.05) is 19.1 Å². The lowest BCUT2D eigenvalue weighted by molar-refractivity contribution is -0.383. The number of nitro groups is 1. The van der Waals surface area contributed by atoms with Gasteiger partial charge in [0.2, 0.25) is 17.6 Å². The van der Waals surface area contributed by atoms with Crippen LogP contribution in [0.2, 0.25) is 0 Å². The quantitative estimate of drug-likeness (QED) is 0.627. The minimum atomic E-state index is -0.500. The Kier molecular flexibility index (Phi) is 5.22. The SMILES string of the molecule is C[C@H]1CN(c2nc(NC3CCCCC3)nc(N)c2[N+](=O)[O-])C[C@H](C)O1. The summed E-state index contributed by atoms with van der Waals surface area (Å²) in [4.78, 5) is 21.5. The van der Waals surface area contributed by atoms with Crippen LogP contribution in [0.4, 0.5) is 23.3 Å². The van der Waals surface area contributed by atoms with E-state index in [9.17, 15) is 10.1 Å². The van der Waals surface area contributed by atoms with Crippen molar-refractivity contribution in [2.45, 2.75) is 64.2 Å². The first-order valence-corrected chi connectivity index (χ1v) is 8.93. The van der Waals surface area contributed by atoms with Crippen LogP contribution in [-0.2, 0) is 4.74 Å². The largest absolute Gasteiger partial charge is 0.378 e. The lowest BCUT2D eigenvalue weighted by Crippen LogP contribution is -2.46. The highest BCUT2D eigenvalue weighted by molar-refractivity contribution is 5.71. The molecule has 1 aliphatic heterocycles. The van der Waals surface area contributed by atoms with Crippen molar-refractivity contribution >= 4 is 23.3 Å². The van der Waals surface area contributed by atoms with E-state index in [0.29, 0.717) is 25.1 Å². The van der Waals surface area contributed by atoms with Gasteiger partial charge < -0.3 is 20.7 Å². The summed E-state index contributed by atoms with van der Waals surface area (Å²) in [6.07, 6.45) is 5.64. The predicted octanol–water partition coefficient (Wildman–Crippen LogP) is 2.33. The van der Waals surface area contributed by atoms with E-state index in [1.54, 1.807) is 0 Å². The minimum absolute atomic E-state index is 0.0331. The predicted molar refractivity (Wildman–Crippen MR) is 95.8 cm³/mol. The first-order valence-electron chi connectivity index (χ1n) is 8.93. The Morgan fingerprint density at radius 3 is 2.44 bits per heavy atom. The van der Waals surface area contributed by atoms with E-state index in [0.717, 1.165) is 12.8 Å². The molecule has 0 spiro atoms. The van der Waals surface area contributed by atoms with Gasteiger partial charge in [-0.3, -0.25) is 10.1 Å². The molecule has 1 saturated heterocycles. The van der Waals surface area contributed by atoms with E-state index in [1.807, 2.05) is 18.7 Å². The van der Waals surface area contributed by atoms with Crippen LogP contribution in [0.25, 0.3) is 0 Å². The van der Waals surface area contributed by atoms with Crippen LogP contribution in [0.3, 0.4) is 0 Å². The van der Waals surface area contributed by atoms with Gasteiger partial charge in [0.05, 0.1) is 17.1 Å². The molecule has 138 valence electrons. The molecule has 1 aliphatic carbocycles. The maximum Gasteiger partial charge on any atom is 0.353 e. The second-order valence-corrected chi connectivity index (χ2v) is 7.00. The number of nitrogens with two attached hydrogens (primary N) is 1. The van der Waals surface area contributed by atoms with Crippen molar-refractivity contribution in [3.63, 3.8) is 0 Å². The summed E-state index contributed by atoms with van der Waals surface area (Å²) in [5, 5.41) is 14.8. The van der Waals surface area contributed by atoms with Crippen molar-refractivity contribution in [2.75, 3.05) is 29.0 Å².